The number of rotatable bonds is 3. The zero-order chi connectivity index (χ0) is 15.8. The van der Waals surface area contributed by atoms with Gasteiger partial charge in [0, 0.05) is 10.9 Å². The number of nitrogens with one attached hydrogen (secondary N) is 1. The van der Waals surface area contributed by atoms with E-state index >= 15 is 0 Å². The quantitative estimate of drug-likeness (QED) is 0.541. The molecule has 0 unspecified atom stereocenters. The second-order valence-corrected chi connectivity index (χ2v) is 6.32. The molecule has 0 amide bonds. The molecule has 2 aromatic heterocycles. The molecular formula is C19H13NO2S. The maximum absolute atomic E-state index is 11.3. The van der Waals surface area contributed by atoms with Gasteiger partial charge in [-0.05, 0) is 17.2 Å². The molecule has 0 spiro atoms. The number of thiophene rings is 1. The van der Waals surface area contributed by atoms with Crippen LogP contribution in [0.15, 0.2) is 66.7 Å². The molecule has 4 rings (SSSR count). The van der Waals surface area contributed by atoms with Gasteiger partial charge in [0.05, 0.1) is 5.69 Å². The van der Waals surface area contributed by atoms with Crippen molar-refractivity contribution < 1.29 is 9.90 Å². The summed E-state index contributed by atoms with van der Waals surface area (Å²) in [4.78, 5) is 15.9. The zero-order valence-corrected chi connectivity index (χ0v) is 12.9. The highest BCUT2D eigenvalue weighted by atomic mass is 32.1. The Balaban J connectivity index is 2.03. The predicted octanol–water partition coefficient (Wildman–Crippen LogP) is 5.26. The van der Waals surface area contributed by atoms with Gasteiger partial charge in [-0.25, -0.2) is 4.79 Å². The Bertz CT molecular complexity index is 984. The fraction of sp³-hybridized carbons (Fsp3) is 0. The van der Waals surface area contributed by atoms with Crippen molar-refractivity contribution in [1.82, 2.24) is 4.98 Å². The minimum absolute atomic E-state index is 0.350. The van der Waals surface area contributed by atoms with Gasteiger partial charge >= 0.3 is 5.97 Å². The van der Waals surface area contributed by atoms with Crippen molar-refractivity contribution in [3.05, 3.63) is 71.6 Å². The molecule has 23 heavy (non-hydrogen) atoms. The van der Waals surface area contributed by atoms with Crippen molar-refractivity contribution >= 4 is 27.5 Å². The standard InChI is InChI=1S/C19H13NO2S/c21-19(22)15-11-14-16(12-7-3-1-4-8-12)17(20-18(14)23-15)13-9-5-2-6-10-13/h1-11,20H,(H,21,22). The van der Waals surface area contributed by atoms with Crippen LogP contribution in [0.3, 0.4) is 0 Å². The van der Waals surface area contributed by atoms with E-state index in [0.29, 0.717) is 4.88 Å². The highest BCUT2D eigenvalue weighted by Crippen LogP contribution is 2.41. The third-order valence-electron chi connectivity index (χ3n) is 3.83. The number of aromatic amines is 1. The first-order valence-corrected chi connectivity index (χ1v) is 8.05. The second kappa shape index (κ2) is 5.41. The smallest absolute Gasteiger partial charge is 0.345 e. The molecule has 0 aliphatic rings. The first-order chi connectivity index (χ1) is 11.2. The summed E-state index contributed by atoms with van der Waals surface area (Å²) in [7, 11) is 0. The van der Waals surface area contributed by atoms with E-state index in [1.54, 1.807) is 6.07 Å². The predicted molar refractivity (Wildman–Crippen MR) is 94.0 cm³/mol. The van der Waals surface area contributed by atoms with Crippen molar-refractivity contribution in [2.45, 2.75) is 0 Å². The van der Waals surface area contributed by atoms with E-state index in [4.69, 9.17) is 0 Å². The van der Waals surface area contributed by atoms with Gasteiger partial charge in [0.1, 0.15) is 9.71 Å². The third-order valence-corrected chi connectivity index (χ3v) is 4.86. The highest BCUT2D eigenvalue weighted by molar-refractivity contribution is 7.20. The third kappa shape index (κ3) is 2.33. The number of hydrogen-bond acceptors (Lipinski definition) is 2. The maximum Gasteiger partial charge on any atom is 0.345 e. The number of benzene rings is 2. The molecule has 0 saturated carbocycles. The van der Waals surface area contributed by atoms with Crippen LogP contribution >= 0.6 is 11.3 Å². The summed E-state index contributed by atoms with van der Waals surface area (Å²) in [5.74, 6) is -0.889. The average Bonchev–Trinajstić information content (AvgIpc) is 3.14. The molecule has 0 aliphatic heterocycles. The monoisotopic (exact) mass is 319 g/mol. The van der Waals surface area contributed by atoms with E-state index in [1.807, 2.05) is 48.5 Å². The van der Waals surface area contributed by atoms with Gasteiger partial charge in [0.2, 0.25) is 0 Å². The van der Waals surface area contributed by atoms with E-state index in [1.165, 1.54) is 11.3 Å². The lowest BCUT2D eigenvalue weighted by molar-refractivity contribution is 0.0702. The number of carboxylic acids is 1. The van der Waals surface area contributed by atoms with Crippen LogP contribution in [0.1, 0.15) is 9.67 Å². The van der Waals surface area contributed by atoms with Crippen LogP contribution in [0.2, 0.25) is 0 Å². The van der Waals surface area contributed by atoms with E-state index in [2.05, 4.69) is 17.1 Å². The van der Waals surface area contributed by atoms with Gasteiger partial charge in [0.15, 0.2) is 0 Å². The summed E-state index contributed by atoms with van der Waals surface area (Å²) in [6, 6.07) is 21.9. The highest BCUT2D eigenvalue weighted by Gasteiger charge is 2.19. The summed E-state index contributed by atoms with van der Waals surface area (Å²) >= 11 is 1.27. The number of fused-ring (bicyclic) bond motifs is 1. The number of H-pyrrole nitrogens is 1. The van der Waals surface area contributed by atoms with Crippen LogP contribution in [0.5, 0.6) is 0 Å². The van der Waals surface area contributed by atoms with Gasteiger partial charge < -0.3 is 10.1 Å². The van der Waals surface area contributed by atoms with Gasteiger partial charge in [0.25, 0.3) is 0 Å². The Morgan fingerprint density at radius 3 is 2.13 bits per heavy atom. The van der Waals surface area contributed by atoms with Crippen molar-refractivity contribution in [2.24, 2.45) is 0 Å². The number of aromatic carboxylic acids is 1. The summed E-state index contributed by atoms with van der Waals surface area (Å²) in [6.07, 6.45) is 0. The Hall–Kier alpha value is -2.85. The van der Waals surface area contributed by atoms with Crippen LogP contribution in [-0.4, -0.2) is 16.1 Å². The second-order valence-electron chi connectivity index (χ2n) is 5.27. The first kappa shape index (κ1) is 13.8. The zero-order valence-electron chi connectivity index (χ0n) is 12.1. The molecule has 112 valence electrons. The molecule has 0 atom stereocenters. The number of hydrogen-bond donors (Lipinski definition) is 2. The molecule has 3 nitrogen and oxygen atoms in total. The molecule has 0 radical (unpaired) electrons. The SMILES string of the molecule is O=C(O)c1cc2c(-c3ccccc3)c(-c3ccccc3)[nH]c2s1. The molecule has 0 bridgehead atoms. The van der Waals surface area contributed by atoms with Crippen molar-refractivity contribution in [1.29, 1.82) is 0 Å². The summed E-state index contributed by atoms with van der Waals surface area (Å²) in [5, 5.41) is 10.2. The van der Waals surface area contributed by atoms with Crippen LogP contribution in [0, 0.1) is 0 Å². The first-order valence-electron chi connectivity index (χ1n) is 7.23. The lowest BCUT2D eigenvalue weighted by Crippen LogP contribution is -1.90. The molecule has 0 aliphatic carbocycles. The lowest BCUT2D eigenvalue weighted by Gasteiger charge is -2.05. The Labute approximate surface area is 136 Å². The largest absolute Gasteiger partial charge is 0.477 e. The summed E-state index contributed by atoms with van der Waals surface area (Å²) in [6.45, 7) is 0. The molecule has 2 heterocycles. The van der Waals surface area contributed by atoms with Crippen LogP contribution in [-0.2, 0) is 0 Å². The summed E-state index contributed by atoms with van der Waals surface area (Å²) in [5.41, 5.74) is 4.24. The molecule has 4 heteroatoms. The van der Waals surface area contributed by atoms with Crippen LogP contribution in [0.4, 0.5) is 0 Å². The van der Waals surface area contributed by atoms with Crippen LogP contribution in [0.25, 0.3) is 32.6 Å². The fourth-order valence-corrected chi connectivity index (χ4v) is 3.72. The Morgan fingerprint density at radius 1 is 0.913 bits per heavy atom. The molecule has 0 saturated heterocycles. The van der Waals surface area contributed by atoms with E-state index < -0.39 is 5.97 Å². The fourth-order valence-electron chi connectivity index (χ4n) is 2.81. The molecule has 2 aromatic carbocycles. The van der Waals surface area contributed by atoms with Crippen LogP contribution < -0.4 is 0 Å². The van der Waals surface area contributed by atoms with Gasteiger partial charge in [-0.15, -0.1) is 11.3 Å². The number of carbonyl (C=O) groups is 1. The topological polar surface area (TPSA) is 53.1 Å². The number of carboxylic acid groups (broad SMARTS) is 1. The van der Waals surface area contributed by atoms with Gasteiger partial charge in [-0.3, -0.25) is 0 Å². The Morgan fingerprint density at radius 2 is 1.52 bits per heavy atom. The minimum Gasteiger partial charge on any atom is -0.477 e. The van der Waals surface area contributed by atoms with E-state index in [9.17, 15) is 9.90 Å². The molecule has 4 aromatic rings. The van der Waals surface area contributed by atoms with E-state index in [-0.39, 0.29) is 0 Å². The normalized spacial score (nSPS) is 11.0. The Kier molecular flexibility index (Phi) is 3.24. The minimum atomic E-state index is -0.889. The average molecular weight is 319 g/mol. The molecule has 2 N–H and O–H groups in total. The van der Waals surface area contributed by atoms with Crippen molar-refractivity contribution in [3.8, 4) is 22.4 Å². The van der Waals surface area contributed by atoms with Gasteiger partial charge in [-0.2, -0.15) is 0 Å². The summed E-state index contributed by atoms with van der Waals surface area (Å²) < 4.78 is 0. The van der Waals surface area contributed by atoms with Gasteiger partial charge in [-0.1, -0.05) is 60.7 Å². The number of aromatic nitrogens is 1. The molecular weight excluding hydrogens is 306 g/mol. The van der Waals surface area contributed by atoms with Crippen molar-refractivity contribution in [3.63, 3.8) is 0 Å². The lowest BCUT2D eigenvalue weighted by atomic mass is 9.99. The van der Waals surface area contributed by atoms with E-state index in [0.717, 1.165) is 32.6 Å². The molecule has 0 fully saturated rings. The van der Waals surface area contributed by atoms with Crippen molar-refractivity contribution in [2.75, 3.05) is 0 Å². The maximum atomic E-state index is 11.3.